The van der Waals surface area contributed by atoms with Gasteiger partial charge in [-0.25, -0.2) is 0 Å². The van der Waals surface area contributed by atoms with Gasteiger partial charge in [0, 0.05) is 0 Å². The van der Waals surface area contributed by atoms with Gasteiger partial charge >= 0.3 is 0 Å². The van der Waals surface area contributed by atoms with Gasteiger partial charge in [0.2, 0.25) is 0 Å². The van der Waals surface area contributed by atoms with Crippen molar-refractivity contribution in [2.24, 2.45) is 11.3 Å². The molecule has 0 fully saturated rings. The second-order valence-corrected chi connectivity index (χ2v) is 13.0. The summed E-state index contributed by atoms with van der Waals surface area (Å²) < 4.78 is 0. The fourth-order valence-electron chi connectivity index (χ4n) is 6.70. The van der Waals surface area contributed by atoms with Gasteiger partial charge in [-0.05, 0) is 93.7 Å². The largest absolute Gasteiger partial charge is 0.0802 e. The fourth-order valence-corrected chi connectivity index (χ4v) is 6.70. The average molecular weight is 513 g/mol. The lowest BCUT2D eigenvalue weighted by atomic mass is 9.71. The quantitative estimate of drug-likeness (QED) is 0.234. The number of hydrogen-bond donors (Lipinski definition) is 0. The van der Waals surface area contributed by atoms with Crippen LogP contribution in [0.1, 0.15) is 153 Å². The van der Waals surface area contributed by atoms with Gasteiger partial charge in [0.15, 0.2) is 0 Å². The zero-order chi connectivity index (χ0) is 27.9. The normalized spacial score (nSPS) is 18.3. The van der Waals surface area contributed by atoms with Crippen LogP contribution >= 0.6 is 0 Å². The van der Waals surface area contributed by atoms with Crippen molar-refractivity contribution in [2.75, 3.05) is 0 Å². The number of unbranched alkanes of at least 4 members (excludes halogenated alkanes) is 2. The molecule has 38 heavy (non-hydrogen) atoms. The molecule has 0 radical (unpaired) electrons. The van der Waals surface area contributed by atoms with E-state index in [1.165, 1.54) is 60.8 Å². The maximum atomic E-state index is 2.54. The van der Waals surface area contributed by atoms with Gasteiger partial charge in [-0.1, -0.05) is 143 Å². The Morgan fingerprint density at radius 1 is 0.842 bits per heavy atom. The van der Waals surface area contributed by atoms with Crippen LogP contribution in [0, 0.1) is 11.3 Å². The van der Waals surface area contributed by atoms with Crippen molar-refractivity contribution in [1.82, 2.24) is 0 Å². The van der Waals surface area contributed by atoms with Crippen molar-refractivity contribution in [2.45, 2.75) is 131 Å². The Bertz CT molecular complexity index is 1070. The molecular formula is C38H56. The molecule has 2 aromatic rings. The molecule has 0 nitrogen and oxygen atoms in total. The van der Waals surface area contributed by atoms with Crippen LogP contribution in [-0.2, 0) is 6.42 Å². The molecule has 0 aromatic heterocycles. The first kappa shape index (κ1) is 30.5. The first-order chi connectivity index (χ1) is 18.2. The van der Waals surface area contributed by atoms with E-state index in [1.807, 2.05) is 0 Å². The van der Waals surface area contributed by atoms with E-state index < -0.39 is 0 Å². The van der Waals surface area contributed by atoms with Crippen molar-refractivity contribution >= 4 is 5.57 Å². The molecule has 3 unspecified atom stereocenters. The Kier molecular flexibility index (Phi) is 11.1. The molecule has 0 aliphatic heterocycles. The second kappa shape index (κ2) is 13.8. The lowest BCUT2D eigenvalue weighted by Gasteiger charge is -2.33. The zero-order valence-electron chi connectivity index (χ0n) is 26.2. The van der Waals surface area contributed by atoms with Crippen molar-refractivity contribution in [3.8, 4) is 0 Å². The van der Waals surface area contributed by atoms with Crippen LogP contribution in [0.5, 0.6) is 0 Å². The Hall–Kier alpha value is -2.08. The van der Waals surface area contributed by atoms with Gasteiger partial charge in [-0.15, -0.1) is 0 Å². The van der Waals surface area contributed by atoms with Crippen LogP contribution in [0.2, 0.25) is 0 Å². The Balaban J connectivity index is 1.98. The van der Waals surface area contributed by atoms with Crippen LogP contribution < -0.4 is 0 Å². The molecule has 0 amide bonds. The summed E-state index contributed by atoms with van der Waals surface area (Å²) >= 11 is 0. The molecule has 0 bridgehead atoms. The lowest BCUT2D eigenvalue weighted by Crippen LogP contribution is -2.20. The summed E-state index contributed by atoms with van der Waals surface area (Å²) in [5.74, 6) is 2.10. The summed E-state index contributed by atoms with van der Waals surface area (Å²) in [6.07, 6.45) is 15.0. The van der Waals surface area contributed by atoms with Crippen molar-refractivity contribution < 1.29 is 0 Å². The molecule has 0 heterocycles. The van der Waals surface area contributed by atoms with E-state index in [2.05, 4.69) is 117 Å². The van der Waals surface area contributed by atoms with Gasteiger partial charge in [-0.3, -0.25) is 0 Å². The van der Waals surface area contributed by atoms with Gasteiger partial charge in [0.1, 0.15) is 0 Å². The number of allylic oxidation sites excluding steroid dienone is 4. The molecule has 1 aliphatic carbocycles. The summed E-state index contributed by atoms with van der Waals surface area (Å²) in [6.45, 7) is 21.5. The standard InChI is InChI=1S/C38H56/c1-10-13-16-24-38(9,12-3)26-32-18-14-15-19-35(32)36-25-31(23-22-30(36)11-2)29(8)37-33(27(4)5)20-17-21-34(37)28(6)7/h14-15,17-23,27-29,31H,10-13,16,24-26H2,1-9H3. The lowest BCUT2D eigenvalue weighted by molar-refractivity contribution is 0.271. The molecule has 0 saturated heterocycles. The van der Waals surface area contributed by atoms with Crippen LogP contribution in [0.4, 0.5) is 0 Å². The first-order valence-corrected chi connectivity index (χ1v) is 15.8. The SMILES string of the molecule is CCCCCC(C)(CC)Cc1ccccc1C1=C(CC)C=CC(C(C)c2c(C(C)C)cccc2C(C)C)C1. The molecule has 3 atom stereocenters. The minimum atomic E-state index is 0.373. The number of benzene rings is 2. The van der Waals surface area contributed by atoms with E-state index in [4.69, 9.17) is 0 Å². The summed E-state index contributed by atoms with van der Waals surface area (Å²) in [5, 5.41) is 0. The molecule has 0 saturated carbocycles. The Morgan fingerprint density at radius 2 is 1.50 bits per heavy atom. The third kappa shape index (κ3) is 7.11. The van der Waals surface area contributed by atoms with E-state index in [0.717, 1.165) is 12.8 Å². The van der Waals surface area contributed by atoms with Crippen LogP contribution in [-0.4, -0.2) is 0 Å². The molecule has 1 aliphatic rings. The summed E-state index contributed by atoms with van der Waals surface area (Å²) in [7, 11) is 0. The first-order valence-electron chi connectivity index (χ1n) is 15.8. The minimum Gasteiger partial charge on any atom is -0.0802 e. The molecule has 0 N–H and O–H groups in total. The fraction of sp³-hybridized carbons (Fsp3) is 0.579. The van der Waals surface area contributed by atoms with Gasteiger partial charge in [-0.2, -0.15) is 0 Å². The summed E-state index contributed by atoms with van der Waals surface area (Å²) in [5.41, 5.74) is 11.3. The maximum Gasteiger partial charge on any atom is -0.0118 e. The molecule has 2 aromatic carbocycles. The van der Waals surface area contributed by atoms with Crippen molar-refractivity contribution in [1.29, 1.82) is 0 Å². The Morgan fingerprint density at radius 3 is 2.08 bits per heavy atom. The summed E-state index contributed by atoms with van der Waals surface area (Å²) in [6, 6.07) is 16.4. The molecular weight excluding hydrogens is 456 g/mol. The van der Waals surface area contributed by atoms with Gasteiger partial charge in [0.05, 0.1) is 0 Å². The highest BCUT2D eigenvalue weighted by Gasteiger charge is 2.29. The predicted octanol–water partition coefficient (Wildman–Crippen LogP) is 12.0. The highest BCUT2D eigenvalue weighted by molar-refractivity contribution is 5.75. The number of rotatable bonds is 13. The van der Waals surface area contributed by atoms with E-state index >= 15 is 0 Å². The monoisotopic (exact) mass is 512 g/mol. The van der Waals surface area contributed by atoms with Crippen molar-refractivity contribution in [3.63, 3.8) is 0 Å². The van der Waals surface area contributed by atoms with Gasteiger partial charge in [0.25, 0.3) is 0 Å². The highest BCUT2D eigenvalue weighted by atomic mass is 14.3. The van der Waals surface area contributed by atoms with Crippen LogP contribution in [0.25, 0.3) is 5.57 Å². The molecule has 208 valence electrons. The van der Waals surface area contributed by atoms with E-state index in [9.17, 15) is 0 Å². The van der Waals surface area contributed by atoms with E-state index in [0.29, 0.717) is 29.1 Å². The van der Waals surface area contributed by atoms with Gasteiger partial charge < -0.3 is 0 Å². The smallest absolute Gasteiger partial charge is 0.0118 e. The third-order valence-electron chi connectivity index (χ3n) is 9.47. The predicted molar refractivity (Wildman–Crippen MR) is 170 cm³/mol. The molecule has 0 heteroatoms. The second-order valence-electron chi connectivity index (χ2n) is 13.0. The van der Waals surface area contributed by atoms with Crippen molar-refractivity contribution in [3.05, 3.63) is 88.0 Å². The van der Waals surface area contributed by atoms with E-state index in [-0.39, 0.29) is 0 Å². The summed E-state index contributed by atoms with van der Waals surface area (Å²) in [4.78, 5) is 0. The average Bonchev–Trinajstić information content (AvgIpc) is 2.92. The minimum absolute atomic E-state index is 0.373. The third-order valence-corrected chi connectivity index (χ3v) is 9.47. The number of hydrogen-bond acceptors (Lipinski definition) is 0. The molecule has 3 rings (SSSR count). The topological polar surface area (TPSA) is 0 Å². The zero-order valence-corrected chi connectivity index (χ0v) is 26.2. The molecule has 0 spiro atoms. The van der Waals surface area contributed by atoms with Crippen LogP contribution in [0.15, 0.2) is 60.2 Å². The van der Waals surface area contributed by atoms with Crippen LogP contribution in [0.3, 0.4) is 0 Å². The maximum absolute atomic E-state index is 2.54. The highest BCUT2D eigenvalue weighted by Crippen LogP contribution is 2.45. The Labute approximate surface area is 236 Å². The van der Waals surface area contributed by atoms with E-state index in [1.54, 1.807) is 16.7 Å².